The molecule has 0 aliphatic carbocycles. The molecule has 1 unspecified atom stereocenters. The molecule has 0 saturated carbocycles. The summed E-state index contributed by atoms with van der Waals surface area (Å²) < 4.78 is 16.5. The number of hydrogen-bond acceptors (Lipinski definition) is 6. The van der Waals surface area contributed by atoms with Crippen LogP contribution >= 0.6 is 0 Å². The molecule has 3 aromatic rings. The van der Waals surface area contributed by atoms with Crippen molar-refractivity contribution in [3.8, 4) is 5.75 Å². The predicted octanol–water partition coefficient (Wildman–Crippen LogP) is 3.45. The molecule has 1 aromatic carbocycles. The number of nitrogens with zero attached hydrogens (tertiary/aromatic N) is 5. The molecule has 0 spiro atoms. The van der Waals surface area contributed by atoms with Crippen molar-refractivity contribution in [1.82, 2.24) is 29.5 Å². The van der Waals surface area contributed by atoms with Crippen LogP contribution in [0.25, 0.3) is 0 Å². The standard InChI is InChI=1S/C27H35FN6O3/c1-4-6-13-27(12-5-2)26-30-22(24(36)29-17-19-7-9-20(28)10-8-19)23(35)25(37)34(26)16-15-33(27)18-21-11-14-32(3)31-21/h7-11,14,35H,4-6,12-13,15-18H2,1-3H3,(H,29,36). The number of benzene rings is 1. The van der Waals surface area contributed by atoms with E-state index in [1.165, 1.54) is 16.7 Å². The number of fused-ring (bicyclic) bond motifs is 1. The lowest BCUT2D eigenvalue weighted by Crippen LogP contribution is -2.55. The molecule has 2 aromatic heterocycles. The van der Waals surface area contributed by atoms with Gasteiger partial charge in [0.15, 0.2) is 5.69 Å². The number of unbranched alkanes of at least 4 members (excludes halogenated alkanes) is 1. The average Bonchev–Trinajstić information content (AvgIpc) is 3.30. The van der Waals surface area contributed by atoms with Crippen LogP contribution in [0.3, 0.4) is 0 Å². The van der Waals surface area contributed by atoms with Crippen LogP contribution in [0, 0.1) is 5.82 Å². The number of hydrogen-bond donors (Lipinski definition) is 2. The van der Waals surface area contributed by atoms with Gasteiger partial charge in [-0.25, -0.2) is 9.37 Å². The van der Waals surface area contributed by atoms with Gasteiger partial charge in [-0.05, 0) is 36.6 Å². The lowest BCUT2D eigenvalue weighted by atomic mass is 9.83. The van der Waals surface area contributed by atoms with E-state index in [4.69, 9.17) is 4.98 Å². The lowest BCUT2D eigenvalue weighted by molar-refractivity contribution is 0.0158. The summed E-state index contributed by atoms with van der Waals surface area (Å²) in [7, 11) is 1.88. The summed E-state index contributed by atoms with van der Waals surface area (Å²) in [6.07, 6.45) is 6.15. The van der Waals surface area contributed by atoms with Crippen LogP contribution < -0.4 is 10.9 Å². The minimum absolute atomic E-state index is 0.111. The van der Waals surface area contributed by atoms with E-state index in [0.717, 1.165) is 37.8 Å². The van der Waals surface area contributed by atoms with E-state index in [1.807, 2.05) is 19.3 Å². The first-order valence-electron chi connectivity index (χ1n) is 12.9. The van der Waals surface area contributed by atoms with Crippen LogP contribution in [0.2, 0.25) is 0 Å². The van der Waals surface area contributed by atoms with Crippen molar-refractivity contribution in [1.29, 1.82) is 0 Å². The Balaban J connectivity index is 1.74. The predicted molar refractivity (Wildman–Crippen MR) is 137 cm³/mol. The number of carbonyl (C=O) groups excluding carboxylic acids is 1. The van der Waals surface area contributed by atoms with Crippen molar-refractivity contribution in [3.63, 3.8) is 0 Å². The quantitative estimate of drug-likeness (QED) is 0.433. The normalized spacial score (nSPS) is 17.5. The highest BCUT2D eigenvalue weighted by Gasteiger charge is 2.45. The fraction of sp³-hybridized carbons (Fsp3) is 0.481. The maximum Gasteiger partial charge on any atom is 0.296 e. The maximum absolute atomic E-state index is 13.3. The average molecular weight is 511 g/mol. The molecular formula is C27H35FN6O3. The molecule has 1 aliphatic rings. The van der Waals surface area contributed by atoms with Gasteiger partial charge in [0.05, 0.1) is 11.2 Å². The first-order chi connectivity index (χ1) is 17.8. The van der Waals surface area contributed by atoms with Gasteiger partial charge in [-0.15, -0.1) is 0 Å². The largest absolute Gasteiger partial charge is 0.501 e. The lowest BCUT2D eigenvalue weighted by Gasteiger charge is -2.48. The number of aromatic nitrogens is 4. The maximum atomic E-state index is 13.3. The summed E-state index contributed by atoms with van der Waals surface area (Å²) in [6.45, 7) is 5.88. The molecule has 1 atom stereocenters. The van der Waals surface area contributed by atoms with E-state index < -0.39 is 22.8 Å². The number of nitrogens with one attached hydrogen (secondary N) is 1. The number of amides is 1. The summed E-state index contributed by atoms with van der Waals surface area (Å²) in [4.78, 5) is 33.4. The monoisotopic (exact) mass is 510 g/mol. The highest BCUT2D eigenvalue weighted by molar-refractivity contribution is 5.94. The van der Waals surface area contributed by atoms with Gasteiger partial charge in [-0.1, -0.05) is 45.2 Å². The highest BCUT2D eigenvalue weighted by atomic mass is 19.1. The van der Waals surface area contributed by atoms with Crippen molar-refractivity contribution in [2.75, 3.05) is 6.54 Å². The molecule has 9 nitrogen and oxygen atoms in total. The Morgan fingerprint density at radius 3 is 2.54 bits per heavy atom. The minimum atomic E-state index is -0.653. The van der Waals surface area contributed by atoms with Crippen molar-refractivity contribution in [2.45, 2.75) is 71.1 Å². The Hall–Kier alpha value is -3.53. The molecule has 10 heteroatoms. The number of aromatic hydroxyl groups is 1. The van der Waals surface area contributed by atoms with Crippen LogP contribution in [-0.2, 0) is 32.2 Å². The zero-order valence-corrected chi connectivity index (χ0v) is 21.7. The second kappa shape index (κ2) is 11.2. The van der Waals surface area contributed by atoms with Gasteiger partial charge < -0.3 is 10.4 Å². The second-order valence-corrected chi connectivity index (χ2v) is 9.69. The Kier molecular flexibility index (Phi) is 8.06. The van der Waals surface area contributed by atoms with Gasteiger partial charge in [0, 0.05) is 39.4 Å². The first-order valence-corrected chi connectivity index (χ1v) is 12.9. The summed E-state index contributed by atoms with van der Waals surface area (Å²) in [5.41, 5.74) is 0.140. The van der Waals surface area contributed by atoms with Crippen LogP contribution in [0.5, 0.6) is 5.75 Å². The van der Waals surface area contributed by atoms with Crippen molar-refractivity contribution < 1.29 is 14.3 Å². The summed E-state index contributed by atoms with van der Waals surface area (Å²) in [6, 6.07) is 7.74. The van der Waals surface area contributed by atoms with Crippen LogP contribution in [0.4, 0.5) is 4.39 Å². The number of rotatable bonds is 10. The van der Waals surface area contributed by atoms with Gasteiger partial charge in [0.2, 0.25) is 5.75 Å². The summed E-state index contributed by atoms with van der Waals surface area (Å²) >= 11 is 0. The smallest absolute Gasteiger partial charge is 0.296 e. The Labute approximate surface area is 215 Å². The molecule has 37 heavy (non-hydrogen) atoms. The second-order valence-electron chi connectivity index (χ2n) is 9.69. The molecule has 1 amide bonds. The number of aryl methyl sites for hydroxylation is 1. The Morgan fingerprint density at radius 2 is 1.89 bits per heavy atom. The molecule has 3 heterocycles. The summed E-state index contributed by atoms with van der Waals surface area (Å²) in [5.74, 6) is -1.16. The van der Waals surface area contributed by atoms with Gasteiger partial charge in [0.1, 0.15) is 11.6 Å². The third-order valence-corrected chi connectivity index (χ3v) is 7.07. The number of halogens is 1. The summed E-state index contributed by atoms with van der Waals surface area (Å²) in [5, 5.41) is 18.0. The molecular weight excluding hydrogens is 475 g/mol. The topological polar surface area (TPSA) is 105 Å². The third-order valence-electron chi connectivity index (χ3n) is 7.07. The zero-order valence-electron chi connectivity index (χ0n) is 21.7. The molecule has 4 rings (SSSR count). The van der Waals surface area contributed by atoms with Gasteiger partial charge >= 0.3 is 0 Å². The van der Waals surface area contributed by atoms with E-state index in [1.54, 1.807) is 16.8 Å². The van der Waals surface area contributed by atoms with Crippen LogP contribution in [-0.4, -0.2) is 41.8 Å². The van der Waals surface area contributed by atoms with Gasteiger partial charge in [-0.3, -0.25) is 23.7 Å². The molecule has 0 radical (unpaired) electrons. The minimum Gasteiger partial charge on any atom is -0.501 e. The van der Waals surface area contributed by atoms with Crippen molar-refractivity contribution in [3.05, 3.63) is 75.5 Å². The van der Waals surface area contributed by atoms with Crippen molar-refractivity contribution >= 4 is 5.91 Å². The van der Waals surface area contributed by atoms with Crippen LogP contribution in [0.15, 0.2) is 41.3 Å². The SMILES string of the molecule is CCCCC1(CCC)c2nc(C(=O)NCc3ccc(F)cc3)c(O)c(=O)n2CCN1Cc1ccn(C)n1. The molecule has 0 fully saturated rings. The van der Waals surface area contributed by atoms with Gasteiger partial charge in [-0.2, -0.15) is 5.10 Å². The third kappa shape index (κ3) is 5.44. The van der Waals surface area contributed by atoms with E-state index in [-0.39, 0.29) is 18.1 Å². The van der Waals surface area contributed by atoms with E-state index in [0.29, 0.717) is 31.0 Å². The van der Waals surface area contributed by atoms with E-state index in [9.17, 15) is 19.1 Å². The Bertz CT molecular complexity index is 1300. The highest BCUT2D eigenvalue weighted by Crippen LogP contribution is 2.41. The fourth-order valence-corrected chi connectivity index (χ4v) is 5.23. The van der Waals surface area contributed by atoms with Gasteiger partial charge in [0.25, 0.3) is 11.5 Å². The fourth-order valence-electron chi connectivity index (χ4n) is 5.23. The van der Waals surface area contributed by atoms with E-state index >= 15 is 0 Å². The van der Waals surface area contributed by atoms with E-state index in [2.05, 4.69) is 29.2 Å². The Morgan fingerprint density at radius 1 is 1.14 bits per heavy atom. The molecule has 0 bridgehead atoms. The molecule has 1 aliphatic heterocycles. The molecule has 2 N–H and O–H groups in total. The molecule has 198 valence electrons. The van der Waals surface area contributed by atoms with Crippen molar-refractivity contribution in [2.24, 2.45) is 7.05 Å². The zero-order chi connectivity index (χ0) is 26.6. The first kappa shape index (κ1) is 26.5. The number of carbonyl (C=O) groups is 1. The van der Waals surface area contributed by atoms with Crippen LogP contribution in [0.1, 0.15) is 73.5 Å². The molecule has 0 saturated heterocycles.